The third-order valence-corrected chi connectivity index (χ3v) is 1.94. The summed E-state index contributed by atoms with van der Waals surface area (Å²) in [5, 5.41) is 0. The van der Waals surface area contributed by atoms with Gasteiger partial charge in [0.15, 0.2) is 0 Å². The summed E-state index contributed by atoms with van der Waals surface area (Å²) >= 11 is 0. The number of hydrogen-bond donors (Lipinski definition) is 1. The maximum atomic E-state index is 11.0. The average Bonchev–Trinajstić information content (AvgIpc) is 2.04. The van der Waals surface area contributed by atoms with Crippen LogP contribution in [-0.2, 0) is 9.53 Å². The van der Waals surface area contributed by atoms with Crippen molar-refractivity contribution in [3.63, 3.8) is 0 Å². The third kappa shape index (κ3) is 6.84. The lowest BCUT2D eigenvalue weighted by molar-refractivity contribution is -0.145. The summed E-state index contributed by atoms with van der Waals surface area (Å²) in [7, 11) is 0. The molecule has 0 bridgehead atoms. The van der Waals surface area contributed by atoms with E-state index in [9.17, 15) is 4.79 Å². The van der Waals surface area contributed by atoms with Crippen LogP contribution in [0.5, 0.6) is 0 Å². The molecule has 0 amide bonds. The Labute approximate surface area is 86.4 Å². The van der Waals surface area contributed by atoms with Gasteiger partial charge in [0.25, 0.3) is 0 Å². The monoisotopic (exact) mass is 209 g/mol. The first-order valence-corrected chi connectivity index (χ1v) is 4.54. The van der Waals surface area contributed by atoms with Crippen molar-refractivity contribution in [1.29, 1.82) is 0 Å². The molecule has 2 atom stereocenters. The van der Waals surface area contributed by atoms with Crippen molar-refractivity contribution >= 4 is 18.4 Å². The number of halogens is 1. The van der Waals surface area contributed by atoms with E-state index in [1.54, 1.807) is 6.92 Å². The van der Waals surface area contributed by atoms with Crippen LogP contribution in [0, 0.1) is 5.92 Å². The highest BCUT2D eigenvalue weighted by molar-refractivity contribution is 5.85. The highest BCUT2D eigenvalue weighted by Gasteiger charge is 2.16. The smallest absolute Gasteiger partial charge is 0.322 e. The van der Waals surface area contributed by atoms with Crippen LogP contribution in [0.1, 0.15) is 33.6 Å². The van der Waals surface area contributed by atoms with Crippen LogP contribution < -0.4 is 5.73 Å². The second kappa shape index (κ2) is 8.32. The molecule has 0 aromatic carbocycles. The minimum Gasteiger partial charge on any atom is -0.465 e. The van der Waals surface area contributed by atoms with Gasteiger partial charge in [0.2, 0.25) is 0 Å². The molecule has 0 saturated carbocycles. The molecule has 0 heterocycles. The van der Waals surface area contributed by atoms with Crippen LogP contribution in [0.3, 0.4) is 0 Å². The number of esters is 1. The van der Waals surface area contributed by atoms with Crippen LogP contribution in [0.25, 0.3) is 0 Å². The van der Waals surface area contributed by atoms with E-state index in [-0.39, 0.29) is 18.4 Å². The zero-order valence-electron chi connectivity index (χ0n) is 8.58. The molecule has 3 nitrogen and oxygen atoms in total. The first-order valence-electron chi connectivity index (χ1n) is 4.54. The normalized spacial score (nSPS) is 14.2. The molecule has 0 saturated heterocycles. The van der Waals surface area contributed by atoms with Crippen molar-refractivity contribution in [3.8, 4) is 0 Å². The van der Waals surface area contributed by atoms with Crippen molar-refractivity contribution in [1.82, 2.24) is 0 Å². The fourth-order valence-corrected chi connectivity index (χ4v) is 0.946. The lowest BCUT2D eigenvalue weighted by Gasteiger charge is -2.14. The van der Waals surface area contributed by atoms with Crippen LogP contribution in [0.4, 0.5) is 0 Å². The number of ether oxygens (including phenoxy) is 1. The van der Waals surface area contributed by atoms with Gasteiger partial charge in [-0.3, -0.25) is 4.79 Å². The van der Waals surface area contributed by atoms with Crippen molar-refractivity contribution < 1.29 is 9.53 Å². The van der Waals surface area contributed by atoms with Crippen LogP contribution in [0.2, 0.25) is 0 Å². The van der Waals surface area contributed by atoms with E-state index in [1.165, 1.54) is 0 Å². The van der Waals surface area contributed by atoms with Crippen molar-refractivity contribution in [2.45, 2.75) is 39.7 Å². The minimum atomic E-state index is -0.445. The lowest BCUT2D eigenvalue weighted by Crippen LogP contribution is -2.33. The van der Waals surface area contributed by atoms with E-state index in [2.05, 4.69) is 13.8 Å². The minimum absolute atomic E-state index is 0. The predicted octanol–water partition coefficient (Wildman–Crippen LogP) is 1.73. The number of carbonyl (C=O) groups excluding carboxylic acids is 1. The van der Waals surface area contributed by atoms with Gasteiger partial charge in [-0.05, 0) is 19.3 Å². The molecule has 13 heavy (non-hydrogen) atoms. The number of carbonyl (C=O) groups is 1. The SMILES string of the molecule is CCOC(=O)C(N)CC(C)CC.Cl. The van der Waals surface area contributed by atoms with Crippen molar-refractivity contribution in [2.24, 2.45) is 11.7 Å². The number of nitrogens with two attached hydrogens (primary N) is 1. The Hall–Kier alpha value is -0.280. The number of hydrogen-bond acceptors (Lipinski definition) is 3. The Morgan fingerprint density at radius 1 is 1.46 bits per heavy atom. The van der Waals surface area contributed by atoms with E-state index in [0.29, 0.717) is 12.5 Å². The maximum Gasteiger partial charge on any atom is 0.322 e. The molecule has 0 aromatic rings. The molecule has 4 heteroatoms. The third-order valence-electron chi connectivity index (χ3n) is 1.94. The van der Waals surface area contributed by atoms with E-state index < -0.39 is 6.04 Å². The fourth-order valence-electron chi connectivity index (χ4n) is 0.946. The zero-order chi connectivity index (χ0) is 9.56. The summed E-state index contributed by atoms with van der Waals surface area (Å²) in [4.78, 5) is 11.0. The van der Waals surface area contributed by atoms with E-state index in [1.807, 2.05) is 0 Å². The molecule has 0 aromatic heterocycles. The Bertz CT molecular complexity index is 142. The maximum absolute atomic E-state index is 11.0. The Balaban J connectivity index is 0. The summed E-state index contributed by atoms with van der Waals surface area (Å²) in [6.07, 6.45) is 1.77. The van der Waals surface area contributed by atoms with Gasteiger partial charge in [0, 0.05) is 0 Å². The molecule has 2 N–H and O–H groups in total. The molecule has 0 spiro atoms. The fraction of sp³-hybridized carbons (Fsp3) is 0.889. The second-order valence-electron chi connectivity index (χ2n) is 3.11. The summed E-state index contributed by atoms with van der Waals surface area (Å²) in [5.41, 5.74) is 5.61. The van der Waals surface area contributed by atoms with Gasteiger partial charge < -0.3 is 10.5 Å². The van der Waals surface area contributed by atoms with Crippen molar-refractivity contribution in [3.05, 3.63) is 0 Å². The summed E-state index contributed by atoms with van der Waals surface area (Å²) in [5.74, 6) is 0.210. The lowest BCUT2D eigenvalue weighted by atomic mass is 10.0. The van der Waals surface area contributed by atoms with Gasteiger partial charge in [-0.15, -0.1) is 12.4 Å². The van der Waals surface area contributed by atoms with E-state index in [0.717, 1.165) is 12.8 Å². The number of rotatable bonds is 5. The molecule has 0 aliphatic carbocycles. The first-order chi connectivity index (χ1) is 5.61. The highest BCUT2D eigenvalue weighted by atomic mass is 35.5. The highest BCUT2D eigenvalue weighted by Crippen LogP contribution is 2.09. The molecule has 0 aliphatic rings. The molecule has 0 rings (SSSR count). The molecule has 0 radical (unpaired) electrons. The molecule has 80 valence electrons. The van der Waals surface area contributed by atoms with Gasteiger partial charge in [0.1, 0.15) is 6.04 Å². The first kappa shape index (κ1) is 15.2. The molecule has 0 aliphatic heterocycles. The summed E-state index contributed by atoms with van der Waals surface area (Å²) in [6.45, 7) is 6.36. The van der Waals surface area contributed by atoms with E-state index >= 15 is 0 Å². The Morgan fingerprint density at radius 3 is 2.38 bits per heavy atom. The van der Waals surface area contributed by atoms with Gasteiger partial charge in [-0.1, -0.05) is 20.3 Å². The predicted molar refractivity (Wildman–Crippen MR) is 55.9 cm³/mol. The van der Waals surface area contributed by atoms with Crippen LogP contribution in [0.15, 0.2) is 0 Å². The van der Waals surface area contributed by atoms with Crippen LogP contribution >= 0.6 is 12.4 Å². The van der Waals surface area contributed by atoms with Gasteiger partial charge >= 0.3 is 5.97 Å². The summed E-state index contributed by atoms with van der Waals surface area (Å²) < 4.78 is 4.79. The van der Waals surface area contributed by atoms with Gasteiger partial charge in [-0.2, -0.15) is 0 Å². The van der Waals surface area contributed by atoms with Crippen molar-refractivity contribution in [2.75, 3.05) is 6.61 Å². The Morgan fingerprint density at radius 2 is 2.00 bits per heavy atom. The Kier molecular flexibility index (Phi) is 9.74. The molecule has 2 unspecified atom stereocenters. The van der Waals surface area contributed by atoms with E-state index in [4.69, 9.17) is 10.5 Å². The zero-order valence-corrected chi connectivity index (χ0v) is 9.39. The average molecular weight is 210 g/mol. The topological polar surface area (TPSA) is 52.3 Å². The van der Waals surface area contributed by atoms with Crippen LogP contribution in [-0.4, -0.2) is 18.6 Å². The standard InChI is InChI=1S/C9H19NO2.ClH/c1-4-7(3)6-8(10)9(11)12-5-2;/h7-8H,4-6,10H2,1-3H3;1H. The quantitative estimate of drug-likeness (QED) is 0.702. The molecule has 0 fully saturated rings. The summed E-state index contributed by atoms with van der Waals surface area (Å²) in [6, 6.07) is -0.445. The molecular formula is C9H20ClNO2. The van der Waals surface area contributed by atoms with Gasteiger partial charge in [-0.25, -0.2) is 0 Å². The second-order valence-corrected chi connectivity index (χ2v) is 3.11. The van der Waals surface area contributed by atoms with Gasteiger partial charge in [0.05, 0.1) is 6.61 Å². The largest absolute Gasteiger partial charge is 0.465 e. The molecular weight excluding hydrogens is 190 g/mol.